The van der Waals surface area contributed by atoms with E-state index in [4.69, 9.17) is 14.7 Å². The van der Waals surface area contributed by atoms with Crippen molar-refractivity contribution in [3.63, 3.8) is 0 Å². The van der Waals surface area contributed by atoms with Crippen LogP contribution in [0, 0.1) is 0 Å². The van der Waals surface area contributed by atoms with E-state index in [-0.39, 0.29) is 12.2 Å². The molecular weight excluding hydrogens is 226 g/mol. The van der Waals surface area contributed by atoms with Gasteiger partial charge >= 0.3 is 12.1 Å². The molecule has 0 aliphatic heterocycles. The lowest BCUT2D eigenvalue weighted by Crippen LogP contribution is -2.25. The van der Waals surface area contributed by atoms with Crippen molar-refractivity contribution >= 4 is 12.1 Å². The van der Waals surface area contributed by atoms with E-state index in [9.17, 15) is 9.59 Å². The van der Waals surface area contributed by atoms with Gasteiger partial charge in [0.25, 0.3) is 0 Å². The van der Waals surface area contributed by atoms with Crippen molar-refractivity contribution in [2.45, 2.75) is 33.1 Å². The normalized spacial score (nSPS) is 11.1. The van der Waals surface area contributed by atoms with Crippen molar-refractivity contribution < 1.29 is 24.3 Å². The molecule has 0 rings (SSSR count). The molecule has 0 spiro atoms. The second kappa shape index (κ2) is 9.65. The van der Waals surface area contributed by atoms with Crippen LogP contribution in [-0.2, 0) is 14.4 Å². The largest absolute Gasteiger partial charge is 0.478 e. The summed E-state index contributed by atoms with van der Waals surface area (Å²) < 4.78 is 4.74. The maximum Gasteiger partial charge on any atom is 0.431 e. The number of hydroxylamine groups is 1. The van der Waals surface area contributed by atoms with Gasteiger partial charge in [0.15, 0.2) is 0 Å². The molecule has 0 bridgehead atoms. The SMILES string of the molecule is CCCCONC(=O)OCC/C=C(\C)C(=O)O. The summed E-state index contributed by atoms with van der Waals surface area (Å²) in [5.41, 5.74) is 2.36. The van der Waals surface area contributed by atoms with Crippen LogP contribution in [0.2, 0.25) is 0 Å². The number of rotatable bonds is 8. The van der Waals surface area contributed by atoms with Gasteiger partial charge in [0.05, 0.1) is 13.2 Å². The van der Waals surface area contributed by atoms with Gasteiger partial charge in [0, 0.05) is 12.0 Å². The van der Waals surface area contributed by atoms with E-state index in [1.54, 1.807) is 0 Å². The highest BCUT2D eigenvalue weighted by Gasteiger charge is 2.01. The molecule has 0 unspecified atom stereocenters. The number of hydrogen-bond acceptors (Lipinski definition) is 4. The van der Waals surface area contributed by atoms with Gasteiger partial charge in [-0.3, -0.25) is 4.84 Å². The molecule has 0 aromatic rings. The smallest absolute Gasteiger partial charge is 0.431 e. The first-order chi connectivity index (χ1) is 8.07. The highest BCUT2D eigenvalue weighted by Crippen LogP contribution is 1.96. The van der Waals surface area contributed by atoms with E-state index in [0.717, 1.165) is 12.8 Å². The van der Waals surface area contributed by atoms with Crippen LogP contribution < -0.4 is 5.48 Å². The lowest BCUT2D eigenvalue weighted by atomic mass is 10.2. The summed E-state index contributed by atoms with van der Waals surface area (Å²) in [4.78, 5) is 26.2. The Labute approximate surface area is 101 Å². The Morgan fingerprint density at radius 1 is 1.35 bits per heavy atom. The van der Waals surface area contributed by atoms with E-state index >= 15 is 0 Å². The molecule has 0 aliphatic carbocycles. The van der Waals surface area contributed by atoms with Crippen LogP contribution in [0.1, 0.15) is 33.1 Å². The number of hydrogen-bond donors (Lipinski definition) is 2. The Hall–Kier alpha value is -1.56. The summed E-state index contributed by atoms with van der Waals surface area (Å²) in [5, 5.41) is 8.55. The molecule has 6 nitrogen and oxygen atoms in total. The fourth-order valence-electron chi connectivity index (χ4n) is 0.870. The molecule has 0 aliphatic rings. The van der Waals surface area contributed by atoms with Crippen molar-refractivity contribution in [1.82, 2.24) is 5.48 Å². The van der Waals surface area contributed by atoms with Crippen LogP contribution in [0.25, 0.3) is 0 Å². The van der Waals surface area contributed by atoms with Crippen LogP contribution in [0.5, 0.6) is 0 Å². The number of aliphatic carboxylic acids is 1. The minimum Gasteiger partial charge on any atom is -0.478 e. The summed E-state index contributed by atoms with van der Waals surface area (Å²) in [7, 11) is 0. The van der Waals surface area contributed by atoms with Gasteiger partial charge in [-0.2, -0.15) is 5.48 Å². The van der Waals surface area contributed by atoms with E-state index in [1.165, 1.54) is 13.0 Å². The Morgan fingerprint density at radius 2 is 2.06 bits per heavy atom. The third-order valence-corrected chi connectivity index (χ3v) is 1.89. The molecule has 0 atom stereocenters. The lowest BCUT2D eigenvalue weighted by Gasteiger charge is -2.05. The van der Waals surface area contributed by atoms with E-state index in [2.05, 4.69) is 5.48 Å². The molecule has 0 saturated heterocycles. The summed E-state index contributed by atoms with van der Waals surface area (Å²) in [6.45, 7) is 4.06. The van der Waals surface area contributed by atoms with Crippen LogP contribution in [0.4, 0.5) is 4.79 Å². The monoisotopic (exact) mass is 245 g/mol. The number of carbonyl (C=O) groups excluding carboxylic acids is 1. The fraction of sp³-hybridized carbons (Fsp3) is 0.636. The highest BCUT2D eigenvalue weighted by atomic mass is 16.7. The molecule has 98 valence electrons. The average molecular weight is 245 g/mol. The van der Waals surface area contributed by atoms with Crippen LogP contribution in [0.15, 0.2) is 11.6 Å². The third-order valence-electron chi connectivity index (χ3n) is 1.89. The number of nitrogens with one attached hydrogen (secondary N) is 1. The fourth-order valence-corrected chi connectivity index (χ4v) is 0.870. The van der Waals surface area contributed by atoms with Crippen molar-refractivity contribution in [2.75, 3.05) is 13.2 Å². The number of amides is 1. The van der Waals surface area contributed by atoms with Crippen LogP contribution in [0.3, 0.4) is 0 Å². The molecule has 0 radical (unpaired) electrons. The van der Waals surface area contributed by atoms with Gasteiger partial charge in [-0.25, -0.2) is 9.59 Å². The second-order valence-corrected chi connectivity index (χ2v) is 3.42. The van der Waals surface area contributed by atoms with Gasteiger partial charge in [0.2, 0.25) is 0 Å². The predicted octanol–water partition coefficient (Wildman–Crippen LogP) is 1.87. The van der Waals surface area contributed by atoms with Crippen molar-refractivity contribution in [2.24, 2.45) is 0 Å². The standard InChI is InChI=1S/C11H19NO5/c1-3-4-8-17-12-11(15)16-7-5-6-9(2)10(13)14/h6H,3-5,7-8H2,1-2H3,(H,12,15)(H,13,14)/b9-6+. The molecule has 0 fully saturated rings. The first-order valence-electron chi connectivity index (χ1n) is 5.52. The summed E-state index contributed by atoms with van der Waals surface area (Å²) >= 11 is 0. The highest BCUT2D eigenvalue weighted by molar-refractivity contribution is 5.85. The predicted molar refractivity (Wildman–Crippen MR) is 61.4 cm³/mol. The van der Waals surface area contributed by atoms with Gasteiger partial charge in [-0.1, -0.05) is 19.4 Å². The first kappa shape index (κ1) is 15.4. The van der Waals surface area contributed by atoms with E-state index in [1.807, 2.05) is 6.92 Å². The quantitative estimate of drug-likeness (QED) is 0.387. The third kappa shape index (κ3) is 9.37. The van der Waals surface area contributed by atoms with Crippen molar-refractivity contribution in [1.29, 1.82) is 0 Å². The molecule has 2 N–H and O–H groups in total. The van der Waals surface area contributed by atoms with Gasteiger partial charge < -0.3 is 9.84 Å². The molecule has 0 aromatic heterocycles. The number of unbranched alkanes of at least 4 members (excludes halogenated alkanes) is 1. The molecule has 6 heteroatoms. The van der Waals surface area contributed by atoms with Crippen LogP contribution >= 0.6 is 0 Å². The maximum atomic E-state index is 11.0. The minimum atomic E-state index is -0.975. The molecule has 0 saturated carbocycles. The zero-order valence-electron chi connectivity index (χ0n) is 10.2. The average Bonchev–Trinajstić information content (AvgIpc) is 2.29. The van der Waals surface area contributed by atoms with Gasteiger partial charge in [-0.05, 0) is 13.3 Å². The molecule has 0 heterocycles. The first-order valence-corrected chi connectivity index (χ1v) is 5.52. The number of carboxylic acids is 1. The number of ether oxygens (including phenoxy) is 1. The number of carbonyl (C=O) groups is 2. The number of carboxylic acid groups (broad SMARTS) is 1. The molecule has 17 heavy (non-hydrogen) atoms. The van der Waals surface area contributed by atoms with Crippen LogP contribution in [-0.4, -0.2) is 30.4 Å². The molecule has 0 aromatic carbocycles. The maximum absolute atomic E-state index is 11.0. The van der Waals surface area contributed by atoms with Crippen molar-refractivity contribution in [3.05, 3.63) is 11.6 Å². The Bertz CT molecular complexity index is 275. The topological polar surface area (TPSA) is 84.9 Å². The van der Waals surface area contributed by atoms with Gasteiger partial charge in [0.1, 0.15) is 0 Å². The molecule has 1 amide bonds. The van der Waals surface area contributed by atoms with Crippen molar-refractivity contribution in [3.8, 4) is 0 Å². The summed E-state index contributed by atoms with van der Waals surface area (Å²) in [5.74, 6) is -0.975. The van der Waals surface area contributed by atoms with Gasteiger partial charge in [-0.15, -0.1) is 0 Å². The lowest BCUT2D eigenvalue weighted by molar-refractivity contribution is -0.132. The molecular formula is C11H19NO5. The zero-order valence-corrected chi connectivity index (χ0v) is 10.2. The second-order valence-electron chi connectivity index (χ2n) is 3.42. The summed E-state index contributed by atoms with van der Waals surface area (Å²) in [6.07, 6.45) is 3.03. The Kier molecular flexibility index (Phi) is 8.77. The summed E-state index contributed by atoms with van der Waals surface area (Å²) in [6, 6.07) is 0. The van der Waals surface area contributed by atoms with E-state index < -0.39 is 12.1 Å². The zero-order chi connectivity index (χ0) is 13.1. The minimum absolute atomic E-state index is 0.119. The Morgan fingerprint density at radius 3 is 2.65 bits per heavy atom. The van der Waals surface area contributed by atoms with E-state index in [0.29, 0.717) is 13.0 Å². The Balaban J connectivity index is 3.51.